The van der Waals surface area contributed by atoms with Gasteiger partial charge in [-0.3, -0.25) is 4.40 Å². The van der Waals surface area contributed by atoms with E-state index in [1.54, 1.807) is 0 Å². The second-order valence-electron chi connectivity index (χ2n) is 3.55. The Morgan fingerprint density at radius 1 is 1.43 bits per heavy atom. The minimum absolute atomic E-state index is 0.276. The van der Waals surface area contributed by atoms with Crippen molar-refractivity contribution in [1.29, 1.82) is 0 Å². The third kappa shape index (κ3) is 1.30. The molecule has 0 aliphatic heterocycles. The summed E-state index contributed by atoms with van der Waals surface area (Å²) in [6.07, 6.45) is 1.91. The largest absolute Gasteiger partial charge is 0.311 e. The summed E-state index contributed by atoms with van der Waals surface area (Å²) >= 11 is 0. The van der Waals surface area contributed by atoms with Crippen molar-refractivity contribution in [3.05, 3.63) is 35.9 Å². The maximum absolute atomic E-state index is 4.43. The van der Waals surface area contributed by atoms with Gasteiger partial charge in [0.25, 0.3) is 0 Å². The Morgan fingerprint density at radius 3 is 2.93 bits per heavy atom. The molecule has 0 radical (unpaired) electrons. The van der Waals surface area contributed by atoms with Gasteiger partial charge in [0.15, 0.2) is 0 Å². The van der Waals surface area contributed by atoms with Crippen LogP contribution in [0.1, 0.15) is 24.5 Å². The monoisotopic (exact) mass is 189 g/mol. The zero-order valence-electron chi connectivity index (χ0n) is 8.78. The Kier molecular flexibility index (Phi) is 2.25. The van der Waals surface area contributed by atoms with Gasteiger partial charge in [-0.25, -0.2) is 4.98 Å². The average Bonchev–Trinajstić information content (AvgIpc) is 2.62. The molecule has 2 heterocycles. The molecule has 0 aliphatic rings. The SMILES string of the molecule is CNC(C)c1ncc2cccc(C)n12. The van der Waals surface area contributed by atoms with Crippen molar-refractivity contribution in [1.82, 2.24) is 14.7 Å². The van der Waals surface area contributed by atoms with Gasteiger partial charge in [0.1, 0.15) is 5.82 Å². The van der Waals surface area contributed by atoms with Crippen LogP contribution in [0.5, 0.6) is 0 Å². The maximum Gasteiger partial charge on any atom is 0.130 e. The lowest BCUT2D eigenvalue weighted by atomic mass is 10.3. The summed E-state index contributed by atoms with van der Waals surface area (Å²) in [4.78, 5) is 4.43. The molecular formula is C11H15N3. The van der Waals surface area contributed by atoms with Gasteiger partial charge in [0.05, 0.1) is 17.8 Å². The van der Waals surface area contributed by atoms with E-state index in [1.807, 2.05) is 13.2 Å². The number of imidazole rings is 1. The number of hydrogen-bond acceptors (Lipinski definition) is 2. The Bertz CT molecular complexity index is 445. The predicted octanol–water partition coefficient (Wildman–Crippen LogP) is 1.92. The average molecular weight is 189 g/mol. The summed E-state index contributed by atoms with van der Waals surface area (Å²) in [6, 6.07) is 6.51. The van der Waals surface area contributed by atoms with E-state index in [-0.39, 0.29) is 6.04 Å². The smallest absolute Gasteiger partial charge is 0.130 e. The van der Waals surface area contributed by atoms with Crippen LogP contribution in [0.4, 0.5) is 0 Å². The molecule has 1 unspecified atom stereocenters. The number of aromatic nitrogens is 2. The van der Waals surface area contributed by atoms with Crippen LogP contribution in [-0.2, 0) is 0 Å². The number of nitrogens with one attached hydrogen (secondary N) is 1. The van der Waals surface area contributed by atoms with E-state index in [1.165, 1.54) is 5.69 Å². The molecule has 1 atom stereocenters. The fourth-order valence-electron chi connectivity index (χ4n) is 1.68. The molecule has 0 aliphatic carbocycles. The first-order valence-corrected chi connectivity index (χ1v) is 4.84. The van der Waals surface area contributed by atoms with Crippen LogP contribution >= 0.6 is 0 Å². The molecule has 2 aromatic heterocycles. The maximum atomic E-state index is 4.43. The van der Waals surface area contributed by atoms with Crippen LogP contribution in [0.15, 0.2) is 24.4 Å². The van der Waals surface area contributed by atoms with E-state index in [9.17, 15) is 0 Å². The molecular weight excluding hydrogens is 174 g/mol. The number of hydrogen-bond donors (Lipinski definition) is 1. The van der Waals surface area contributed by atoms with Crippen molar-refractivity contribution < 1.29 is 0 Å². The van der Waals surface area contributed by atoms with Crippen molar-refractivity contribution in [2.45, 2.75) is 19.9 Å². The first kappa shape index (κ1) is 9.21. The zero-order chi connectivity index (χ0) is 10.1. The molecule has 0 saturated heterocycles. The van der Waals surface area contributed by atoms with E-state index < -0.39 is 0 Å². The molecule has 2 rings (SSSR count). The van der Waals surface area contributed by atoms with Gasteiger partial charge in [-0.1, -0.05) is 6.07 Å². The Balaban J connectivity index is 2.67. The van der Waals surface area contributed by atoms with Gasteiger partial charge < -0.3 is 5.32 Å². The Hall–Kier alpha value is -1.35. The standard InChI is InChI=1S/C11H15N3/c1-8-5-4-6-10-7-13-11(14(8)10)9(2)12-3/h4-7,9,12H,1-3H3. The van der Waals surface area contributed by atoms with E-state index in [0.717, 1.165) is 11.3 Å². The second-order valence-corrected chi connectivity index (χ2v) is 3.55. The molecule has 14 heavy (non-hydrogen) atoms. The van der Waals surface area contributed by atoms with Gasteiger partial charge in [-0.15, -0.1) is 0 Å². The van der Waals surface area contributed by atoms with Crippen LogP contribution in [0.3, 0.4) is 0 Å². The van der Waals surface area contributed by atoms with Crippen molar-refractivity contribution in [3.8, 4) is 0 Å². The van der Waals surface area contributed by atoms with Crippen LogP contribution in [0.25, 0.3) is 5.52 Å². The molecule has 0 saturated carbocycles. The highest BCUT2D eigenvalue weighted by Gasteiger charge is 2.10. The summed E-state index contributed by atoms with van der Waals surface area (Å²) < 4.78 is 2.18. The molecule has 0 fully saturated rings. The first-order valence-electron chi connectivity index (χ1n) is 4.84. The molecule has 0 amide bonds. The highest BCUT2D eigenvalue weighted by Crippen LogP contribution is 2.15. The highest BCUT2D eigenvalue weighted by molar-refractivity contribution is 5.47. The lowest BCUT2D eigenvalue weighted by Crippen LogP contribution is -2.16. The van der Waals surface area contributed by atoms with E-state index in [4.69, 9.17) is 0 Å². The van der Waals surface area contributed by atoms with Gasteiger partial charge in [-0.2, -0.15) is 0 Å². The van der Waals surface area contributed by atoms with E-state index in [0.29, 0.717) is 0 Å². The molecule has 3 heteroatoms. The quantitative estimate of drug-likeness (QED) is 0.782. The number of rotatable bonds is 2. The second kappa shape index (κ2) is 3.42. The normalized spacial score (nSPS) is 13.4. The van der Waals surface area contributed by atoms with Crippen LogP contribution in [0.2, 0.25) is 0 Å². The molecule has 1 N–H and O–H groups in total. The van der Waals surface area contributed by atoms with Crippen LogP contribution in [-0.4, -0.2) is 16.4 Å². The lowest BCUT2D eigenvalue weighted by Gasteiger charge is -2.10. The summed E-state index contributed by atoms with van der Waals surface area (Å²) in [7, 11) is 1.95. The van der Waals surface area contributed by atoms with Crippen molar-refractivity contribution in [3.63, 3.8) is 0 Å². The third-order valence-electron chi connectivity index (χ3n) is 2.59. The van der Waals surface area contributed by atoms with Gasteiger partial charge in [0.2, 0.25) is 0 Å². The summed E-state index contributed by atoms with van der Waals surface area (Å²) in [5, 5.41) is 3.20. The molecule has 0 bridgehead atoms. The number of fused-ring (bicyclic) bond motifs is 1. The molecule has 3 nitrogen and oxygen atoms in total. The molecule has 2 aromatic rings. The molecule has 74 valence electrons. The number of pyridine rings is 1. The Labute approximate surface area is 83.8 Å². The molecule has 0 aromatic carbocycles. The fraction of sp³-hybridized carbons (Fsp3) is 0.364. The third-order valence-corrected chi connectivity index (χ3v) is 2.59. The van der Waals surface area contributed by atoms with E-state index in [2.05, 4.69) is 46.7 Å². The van der Waals surface area contributed by atoms with Crippen molar-refractivity contribution in [2.75, 3.05) is 7.05 Å². The summed E-state index contributed by atoms with van der Waals surface area (Å²) in [5.74, 6) is 1.07. The number of nitrogens with zero attached hydrogens (tertiary/aromatic N) is 2. The number of aryl methyl sites for hydroxylation is 1. The lowest BCUT2D eigenvalue weighted by molar-refractivity contribution is 0.605. The van der Waals surface area contributed by atoms with Gasteiger partial charge in [0, 0.05) is 5.69 Å². The minimum Gasteiger partial charge on any atom is -0.311 e. The summed E-state index contributed by atoms with van der Waals surface area (Å²) in [5.41, 5.74) is 2.37. The fourth-order valence-corrected chi connectivity index (χ4v) is 1.68. The van der Waals surface area contributed by atoms with E-state index >= 15 is 0 Å². The van der Waals surface area contributed by atoms with Crippen LogP contribution < -0.4 is 5.32 Å². The highest BCUT2D eigenvalue weighted by atomic mass is 15.1. The van der Waals surface area contributed by atoms with Crippen LogP contribution in [0, 0.1) is 6.92 Å². The predicted molar refractivity (Wildman–Crippen MR) is 57.4 cm³/mol. The van der Waals surface area contributed by atoms with Gasteiger partial charge >= 0.3 is 0 Å². The van der Waals surface area contributed by atoms with Gasteiger partial charge in [-0.05, 0) is 33.0 Å². The topological polar surface area (TPSA) is 29.3 Å². The molecule has 0 spiro atoms. The van der Waals surface area contributed by atoms with Crippen molar-refractivity contribution in [2.24, 2.45) is 0 Å². The first-order chi connectivity index (χ1) is 6.74. The van der Waals surface area contributed by atoms with Crippen molar-refractivity contribution >= 4 is 5.52 Å². The Morgan fingerprint density at radius 2 is 2.21 bits per heavy atom. The minimum atomic E-state index is 0.276. The summed E-state index contributed by atoms with van der Waals surface area (Å²) in [6.45, 7) is 4.21. The zero-order valence-corrected chi connectivity index (χ0v) is 8.78.